The molecule has 2 saturated carbocycles. The predicted molar refractivity (Wildman–Crippen MR) is 170 cm³/mol. The molecule has 3 heterocycles. The number of alkyl halides is 2. The first-order chi connectivity index (χ1) is 22.6. The molecular formula is C36H47F2N3O6. The molecule has 1 amide bonds. The molecule has 2 aliphatic heterocycles. The quantitative estimate of drug-likeness (QED) is 0.262. The zero-order chi connectivity index (χ0) is 33.3. The summed E-state index contributed by atoms with van der Waals surface area (Å²) in [5.74, 6) is -4.84. The van der Waals surface area contributed by atoms with Crippen LogP contribution in [0.4, 0.5) is 8.78 Å². The number of ether oxygens (including phenoxy) is 3. The van der Waals surface area contributed by atoms with Crippen LogP contribution in [-0.4, -0.2) is 64.9 Å². The number of carbonyl (C=O) groups excluding carboxylic acids is 3. The third kappa shape index (κ3) is 6.68. The van der Waals surface area contributed by atoms with Crippen molar-refractivity contribution in [1.82, 2.24) is 14.9 Å². The molecule has 1 saturated heterocycles. The van der Waals surface area contributed by atoms with Crippen LogP contribution in [0, 0.1) is 23.2 Å². The molecule has 2 aliphatic carbocycles. The number of nitrogens with zero attached hydrogens (tertiary/aromatic N) is 3. The van der Waals surface area contributed by atoms with Crippen molar-refractivity contribution in [3.8, 4) is 11.6 Å². The van der Waals surface area contributed by atoms with E-state index in [1.165, 1.54) is 12.0 Å². The second kappa shape index (κ2) is 13.6. The standard InChI is InChI=1S/C36H47F2N3O6/c1-4-24-28(21-42)41-20-30(24)47-33-32(39-26-14-13-23(45-3)18-27(26)40-33)36(37,38)17-6-5-10-22-11-9-12-29(22)46-31(43)19-25(34(41)44)35(2)15-7-8-16-35/h13-14,18,21-22,24-25,28-30H,4-12,15-17,19-20H2,1-3H3/t22-,24+,25-,28-,29-,30+/m1/s1. The molecule has 9 nitrogen and oxygen atoms in total. The Hall–Kier alpha value is -3.37. The minimum absolute atomic E-state index is 0.00983. The van der Waals surface area contributed by atoms with Crippen LogP contribution in [0.5, 0.6) is 11.6 Å². The minimum Gasteiger partial charge on any atom is -0.497 e. The topological polar surface area (TPSA) is 108 Å². The van der Waals surface area contributed by atoms with Gasteiger partial charge in [0.15, 0.2) is 5.69 Å². The third-order valence-corrected chi connectivity index (χ3v) is 11.4. The van der Waals surface area contributed by atoms with Gasteiger partial charge in [-0.2, -0.15) is 8.78 Å². The molecule has 3 fully saturated rings. The van der Waals surface area contributed by atoms with E-state index in [4.69, 9.17) is 14.2 Å². The fourth-order valence-corrected chi connectivity index (χ4v) is 8.66. The molecule has 4 aliphatic rings. The number of benzene rings is 1. The van der Waals surface area contributed by atoms with Gasteiger partial charge in [0.1, 0.15) is 24.2 Å². The van der Waals surface area contributed by atoms with E-state index in [-0.39, 0.29) is 43.2 Å². The summed E-state index contributed by atoms with van der Waals surface area (Å²) < 4.78 is 50.0. The molecule has 6 atom stereocenters. The number of aldehydes is 1. The van der Waals surface area contributed by atoms with E-state index in [9.17, 15) is 14.4 Å². The lowest BCUT2D eigenvalue weighted by Crippen LogP contribution is -2.47. The van der Waals surface area contributed by atoms with Crippen LogP contribution in [-0.2, 0) is 25.0 Å². The van der Waals surface area contributed by atoms with E-state index in [0.717, 1.165) is 51.2 Å². The monoisotopic (exact) mass is 655 g/mol. The highest BCUT2D eigenvalue weighted by Crippen LogP contribution is 2.48. The smallest absolute Gasteiger partial charge is 0.306 e. The van der Waals surface area contributed by atoms with Gasteiger partial charge in [-0.25, -0.2) is 9.97 Å². The third-order valence-electron chi connectivity index (χ3n) is 11.4. The second-order valence-corrected chi connectivity index (χ2v) is 14.4. The molecular weight excluding hydrogens is 608 g/mol. The number of amides is 1. The largest absolute Gasteiger partial charge is 0.497 e. The fraction of sp³-hybridized carbons (Fsp3) is 0.694. The van der Waals surface area contributed by atoms with Crippen LogP contribution in [0.3, 0.4) is 0 Å². The van der Waals surface area contributed by atoms with Gasteiger partial charge in [0.25, 0.3) is 5.92 Å². The molecule has 2 bridgehead atoms. The zero-order valence-electron chi connectivity index (χ0n) is 27.7. The molecule has 0 N–H and O–H groups in total. The number of rotatable bonds is 4. The van der Waals surface area contributed by atoms with E-state index < -0.39 is 53.4 Å². The zero-order valence-corrected chi connectivity index (χ0v) is 27.7. The van der Waals surface area contributed by atoms with Gasteiger partial charge >= 0.3 is 5.97 Å². The summed E-state index contributed by atoms with van der Waals surface area (Å²) in [6.45, 7) is 3.96. The van der Waals surface area contributed by atoms with Gasteiger partial charge in [-0.15, -0.1) is 0 Å². The number of aromatic nitrogens is 2. The Labute approximate surface area is 275 Å². The number of hydrogen-bond acceptors (Lipinski definition) is 8. The molecule has 1 aromatic carbocycles. The first-order valence-corrected chi connectivity index (χ1v) is 17.4. The normalized spacial score (nSPS) is 31.3. The first-order valence-electron chi connectivity index (χ1n) is 17.4. The Morgan fingerprint density at radius 2 is 1.72 bits per heavy atom. The van der Waals surface area contributed by atoms with Crippen LogP contribution in [0.15, 0.2) is 18.2 Å². The Morgan fingerprint density at radius 1 is 0.979 bits per heavy atom. The fourth-order valence-electron chi connectivity index (χ4n) is 8.66. The van der Waals surface area contributed by atoms with Crippen LogP contribution in [0.25, 0.3) is 11.0 Å². The van der Waals surface area contributed by atoms with Crippen molar-refractivity contribution in [1.29, 1.82) is 0 Å². The van der Waals surface area contributed by atoms with Crippen molar-refractivity contribution < 1.29 is 37.4 Å². The number of fused-ring (bicyclic) bond motifs is 5. The van der Waals surface area contributed by atoms with Crippen molar-refractivity contribution >= 4 is 29.2 Å². The van der Waals surface area contributed by atoms with Gasteiger partial charge in [0.05, 0.1) is 43.1 Å². The SMILES string of the molecule is CC[C@@H]1[C@@H]2CN(C(=O)[C@H](C3(C)CCCC3)CC(=O)O[C@@H]3CCC[C@H]3CCCCC(F)(F)c3nc4ccc(OC)cc4nc3O2)[C@@H]1C=O. The maximum absolute atomic E-state index is 16.1. The number of methoxy groups -OCH3 is 1. The number of halogens is 2. The molecule has 0 radical (unpaired) electrons. The van der Waals surface area contributed by atoms with E-state index in [1.807, 2.05) is 6.92 Å². The molecule has 0 unspecified atom stereocenters. The summed E-state index contributed by atoms with van der Waals surface area (Å²) in [5, 5.41) is 0. The summed E-state index contributed by atoms with van der Waals surface area (Å²) >= 11 is 0. The van der Waals surface area contributed by atoms with Crippen molar-refractivity contribution in [2.24, 2.45) is 23.2 Å². The van der Waals surface area contributed by atoms with Gasteiger partial charge in [-0.1, -0.05) is 33.1 Å². The maximum Gasteiger partial charge on any atom is 0.306 e. The highest BCUT2D eigenvalue weighted by Gasteiger charge is 2.51. The molecule has 1 aromatic heterocycles. The van der Waals surface area contributed by atoms with Gasteiger partial charge < -0.3 is 23.9 Å². The van der Waals surface area contributed by atoms with Gasteiger partial charge in [-0.05, 0) is 74.8 Å². The van der Waals surface area contributed by atoms with E-state index in [1.54, 1.807) is 18.2 Å². The van der Waals surface area contributed by atoms with Crippen LogP contribution >= 0.6 is 0 Å². The van der Waals surface area contributed by atoms with Gasteiger partial charge in [0, 0.05) is 18.4 Å². The average Bonchev–Trinajstić information content (AvgIpc) is 3.79. The van der Waals surface area contributed by atoms with Crippen LogP contribution in [0.1, 0.15) is 103 Å². The van der Waals surface area contributed by atoms with Crippen LogP contribution < -0.4 is 9.47 Å². The number of esters is 1. The van der Waals surface area contributed by atoms with E-state index >= 15 is 8.78 Å². The molecule has 2 aromatic rings. The average molecular weight is 656 g/mol. The first kappa shape index (κ1) is 33.5. The van der Waals surface area contributed by atoms with Gasteiger partial charge in [0.2, 0.25) is 11.8 Å². The number of carbonyl (C=O) groups is 3. The predicted octanol–water partition coefficient (Wildman–Crippen LogP) is 6.79. The minimum atomic E-state index is -3.34. The number of hydrogen-bond donors (Lipinski definition) is 0. The van der Waals surface area contributed by atoms with Crippen molar-refractivity contribution in [2.45, 2.75) is 121 Å². The maximum atomic E-state index is 16.1. The van der Waals surface area contributed by atoms with Crippen molar-refractivity contribution in [2.75, 3.05) is 13.7 Å². The summed E-state index contributed by atoms with van der Waals surface area (Å²) in [5.41, 5.74) is -0.327. The lowest BCUT2D eigenvalue weighted by Gasteiger charge is -2.36. The molecule has 47 heavy (non-hydrogen) atoms. The van der Waals surface area contributed by atoms with E-state index in [2.05, 4.69) is 16.9 Å². The Morgan fingerprint density at radius 3 is 2.45 bits per heavy atom. The molecule has 11 heteroatoms. The highest BCUT2D eigenvalue weighted by atomic mass is 19.3. The summed E-state index contributed by atoms with van der Waals surface area (Å²) in [7, 11) is 1.51. The lowest BCUT2D eigenvalue weighted by atomic mass is 9.73. The molecule has 6 rings (SSSR count). The summed E-state index contributed by atoms with van der Waals surface area (Å²) in [6, 6.07) is 4.04. The lowest BCUT2D eigenvalue weighted by molar-refractivity contribution is -0.158. The summed E-state index contributed by atoms with van der Waals surface area (Å²) in [6.07, 6.45) is 7.19. The highest BCUT2D eigenvalue weighted by molar-refractivity contribution is 5.87. The summed E-state index contributed by atoms with van der Waals surface area (Å²) in [4.78, 5) is 51.2. The van der Waals surface area contributed by atoms with Crippen molar-refractivity contribution in [3.05, 3.63) is 23.9 Å². The van der Waals surface area contributed by atoms with Crippen molar-refractivity contribution in [3.63, 3.8) is 0 Å². The van der Waals surface area contributed by atoms with Gasteiger partial charge in [-0.3, -0.25) is 9.59 Å². The Balaban J connectivity index is 1.42. The Bertz CT molecular complexity index is 1480. The second-order valence-electron chi connectivity index (χ2n) is 14.4. The van der Waals surface area contributed by atoms with Crippen LogP contribution in [0.2, 0.25) is 0 Å². The van der Waals surface area contributed by atoms with E-state index in [0.29, 0.717) is 36.0 Å². The molecule has 256 valence electrons. The molecule has 0 spiro atoms. The Kier molecular flexibility index (Phi) is 9.72.